The van der Waals surface area contributed by atoms with Crippen LogP contribution in [0.4, 0.5) is 5.69 Å². The summed E-state index contributed by atoms with van der Waals surface area (Å²) >= 11 is 9.57. The molecule has 1 amide bonds. The molecule has 7 heteroatoms. The molecule has 2 aromatic carbocycles. The summed E-state index contributed by atoms with van der Waals surface area (Å²) in [6, 6.07) is 12.6. The first-order chi connectivity index (χ1) is 12.9. The van der Waals surface area contributed by atoms with Gasteiger partial charge in [0.05, 0.1) is 35.2 Å². The standard InChI is InChI=1S/C20H19BrClN3O2/c1-12-19(21)13(2)25(24-12)11-14-5-4-6-15(9-14)20(26)23-17-10-16(22)7-8-18(17)27-3/h4-10H,11H2,1-3H3,(H,23,26). The van der Waals surface area contributed by atoms with Gasteiger partial charge in [-0.1, -0.05) is 23.7 Å². The highest BCUT2D eigenvalue weighted by Gasteiger charge is 2.13. The molecular formula is C20H19BrClN3O2. The normalized spacial score (nSPS) is 10.7. The third-order valence-corrected chi connectivity index (χ3v) is 5.61. The number of aryl methyl sites for hydroxylation is 1. The first kappa shape index (κ1) is 19.5. The van der Waals surface area contributed by atoms with Crippen LogP contribution in [0.25, 0.3) is 0 Å². The van der Waals surface area contributed by atoms with Crippen molar-refractivity contribution in [3.05, 3.63) is 74.5 Å². The average Bonchev–Trinajstić information content (AvgIpc) is 2.89. The summed E-state index contributed by atoms with van der Waals surface area (Å²) in [4.78, 5) is 12.7. The van der Waals surface area contributed by atoms with Crippen LogP contribution in [-0.2, 0) is 6.54 Å². The second-order valence-electron chi connectivity index (χ2n) is 6.14. The van der Waals surface area contributed by atoms with Crippen LogP contribution in [0.15, 0.2) is 46.9 Å². The van der Waals surface area contributed by atoms with Crippen LogP contribution in [0, 0.1) is 13.8 Å². The molecule has 3 aromatic rings. The molecule has 0 saturated carbocycles. The number of halogens is 2. The molecule has 0 aliphatic carbocycles. The van der Waals surface area contributed by atoms with Crippen molar-refractivity contribution in [1.29, 1.82) is 0 Å². The third-order valence-electron chi connectivity index (χ3n) is 4.22. The number of rotatable bonds is 5. The minimum Gasteiger partial charge on any atom is -0.495 e. The topological polar surface area (TPSA) is 56.1 Å². The van der Waals surface area contributed by atoms with Crippen LogP contribution >= 0.6 is 27.5 Å². The number of carbonyl (C=O) groups excluding carboxylic acids is 1. The van der Waals surface area contributed by atoms with Gasteiger partial charge in [-0.25, -0.2) is 0 Å². The largest absolute Gasteiger partial charge is 0.495 e. The van der Waals surface area contributed by atoms with E-state index in [1.807, 2.05) is 36.7 Å². The zero-order valence-corrected chi connectivity index (χ0v) is 17.6. The first-order valence-electron chi connectivity index (χ1n) is 8.32. The van der Waals surface area contributed by atoms with Crippen LogP contribution in [0.5, 0.6) is 5.75 Å². The number of anilines is 1. The lowest BCUT2D eigenvalue weighted by Crippen LogP contribution is -2.13. The van der Waals surface area contributed by atoms with Crippen LogP contribution in [-0.4, -0.2) is 22.8 Å². The summed E-state index contributed by atoms with van der Waals surface area (Å²) in [5.74, 6) is 0.323. The fourth-order valence-corrected chi connectivity index (χ4v) is 3.24. The average molecular weight is 449 g/mol. The van der Waals surface area contributed by atoms with Gasteiger partial charge in [0.25, 0.3) is 5.91 Å². The molecule has 0 fully saturated rings. The van der Waals surface area contributed by atoms with E-state index in [-0.39, 0.29) is 5.91 Å². The maximum Gasteiger partial charge on any atom is 0.255 e. The van der Waals surface area contributed by atoms with E-state index in [1.54, 1.807) is 31.4 Å². The maximum atomic E-state index is 12.7. The second-order valence-corrected chi connectivity index (χ2v) is 7.37. The molecular weight excluding hydrogens is 430 g/mol. The molecule has 0 aliphatic heterocycles. The van der Waals surface area contributed by atoms with Gasteiger partial charge in [0.1, 0.15) is 5.75 Å². The Labute approximate surface area is 171 Å². The number of nitrogens with zero attached hydrogens (tertiary/aromatic N) is 2. The molecule has 0 unspecified atom stereocenters. The molecule has 0 spiro atoms. The van der Waals surface area contributed by atoms with E-state index in [0.717, 1.165) is 21.4 Å². The van der Waals surface area contributed by atoms with Crippen LogP contribution in [0.2, 0.25) is 5.02 Å². The zero-order valence-electron chi connectivity index (χ0n) is 15.2. The Morgan fingerprint density at radius 1 is 1.26 bits per heavy atom. The maximum absolute atomic E-state index is 12.7. The molecule has 5 nitrogen and oxygen atoms in total. The summed E-state index contributed by atoms with van der Waals surface area (Å²) in [7, 11) is 1.55. The molecule has 1 aromatic heterocycles. The van der Waals surface area contributed by atoms with E-state index < -0.39 is 0 Å². The van der Waals surface area contributed by atoms with Gasteiger partial charge in [0.15, 0.2) is 0 Å². The number of hydrogen-bond donors (Lipinski definition) is 1. The first-order valence-corrected chi connectivity index (χ1v) is 9.49. The third kappa shape index (κ3) is 4.34. The van der Waals surface area contributed by atoms with Gasteiger partial charge in [0.2, 0.25) is 0 Å². The van der Waals surface area contributed by atoms with Crippen molar-refractivity contribution in [3.8, 4) is 5.75 Å². The number of amides is 1. The van der Waals surface area contributed by atoms with Gasteiger partial charge in [-0.15, -0.1) is 0 Å². The van der Waals surface area contributed by atoms with E-state index in [9.17, 15) is 4.79 Å². The van der Waals surface area contributed by atoms with Crippen LogP contribution in [0.3, 0.4) is 0 Å². The van der Waals surface area contributed by atoms with Crippen molar-refractivity contribution >= 4 is 39.1 Å². The lowest BCUT2D eigenvalue weighted by molar-refractivity contribution is 0.102. The van der Waals surface area contributed by atoms with Gasteiger partial charge < -0.3 is 10.1 Å². The van der Waals surface area contributed by atoms with E-state index in [1.165, 1.54) is 0 Å². The Balaban J connectivity index is 1.82. The summed E-state index contributed by atoms with van der Waals surface area (Å²) in [5.41, 5.74) is 4.05. The van der Waals surface area contributed by atoms with Crippen molar-refractivity contribution in [1.82, 2.24) is 9.78 Å². The van der Waals surface area contributed by atoms with Crippen molar-refractivity contribution in [2.75, 3.05) is 12.4 Å². The molecule has 1 N–H and O–H groups in total. The number of methoxy groups -OCH3 is 1. The Bertz CT molecular complexity index is 1000. The highest BCUT2D eigenvalue weighted by atomic mass is 79.9. The Morgan fingerprint density at radius 3 is 2.70 bits per heavy atom. The van der Waals surface area contributed by atoms with Crippen molar-refractivity contribution in [2.45, 2.75) is 20.4 Å². The van der Waals surface area contributed by atoms with Gasteiger partial charge >= 0.3 is 0 Å². The number of benzene rings is 2. The molecule has 0 aliphatic rings. The predicted octanol–water partition coefficient (Wildman–Crippen LogP) is 5.23. The summed E-state index contributed by atoms with van der Waals surface area (Å²) < 4.78 is 8.19. The minimum atomic E-state index is -0.230. The number of aromatic nitrogens is 2. The predicted molar refractivity (Wildman–Crippen MR) is 111 cm³/mol. The van der Waals surface area contributed by atoms with Gasteiger partial charge in [0, 0.05) is 10.6 Å². The van der Waals surface area contributed by atoms with Gasteiger partial charge in [-0.2, -0.15) is 5.10 Å². The van der Waals surface area contributed by atoms with E-state index >= 15 is 0 Å². The smallest absolute Gasteiger partial charge is 0.255 e. The molecule has 27 heavy (non-hydrogen) atoms. The van der Waals surface area contributed by atoms with Crippen molar-refractivity contribution in [2.24, 2.45) is 0 Å². The molecule has 0 atom stereocenters. The molecule has 0 radical (unpaired) electrons. The fraction of sp³-hybridized carbons (Fsp3) is 0.200. The van der Waals surface area contributed by atoms with E-state index in [0.29, 0.717) is 28.6 Å². The molecule has 0 saturated heterocycles. The summed E-state index contributed by atoms with van der Waals surface area (Å²) in [6.07, 6.45) is 0. The second kappa shape index (κ2) is 8.15. The number of hydrogen-bond acceptors (Lipinski definition) is 3. The fourth-order valence-electron chi connectivity index (χ4n) is 2.79. The molecule has 3 rings (SSSR count). The Hall–Kier alpha value is -2.31. The highest BCUT2D eigenvalue weighted by molar-refractivity contribution is 9.10. The summed E-state index contributed by atoms with van der Waals surface area (Å²) in [5, 5.41) is 7.90. The monoisotopic (exact) mass is 447 g/mol. The highest BCUT2D eigenvalue weighted by Crippen LogP contribution is 2.28. The number of ether oxygens (including phenoxy) is 1. The van der Waals surface area contributed by atoms with Gasteiger partial charge in [-0.3, -0.25) is 9.48 Å². The Morgan fingerprint density at radius 2 is 2.04 bits per heavy atom. The van der Waals surface area contributed by atoms with Gasteiger partial charge in [-0.05, 0) is 65.7 Å². The number of carbonyl (C=O) groups is 1. The lowest BCUT2D eigenvalue weighted by atomic mass is 10.1. The lowest BCUT2D eigenvalue weighted by Gasteiger charge is -2.11. The molecule has 0 bridgehead atoms. The zero-order chi connectivity index (χ0) is 19.6. The quantitative estimate of drug-likeness (QED) is 0.582. The van der Waals surface area contributed by atoms with Crippen LogP contribution < -0.4 is 10.1 Å². The van der Waals surface area contributed by atoms with Crippen molar-refractivity contribution < 1.29 is 9.53 Å². The Kier molecular flexibility index (Phi) is 5.87. The van der Waals surface area contributed by atoms with Crippen molar-refractivity contribution in [3.63, 3.8) is 0 Å². The molecule has 1 heterocycles. The molecule has 140 valence electrons. The van der Waals surface area contributed by atoms with E-state index in [4.69, 9.17) is 16.3 Å². The number of nitrogens with one attached hydrogen (secondary N) is 1. The SMILES string of the molecule is COc1ccc(Cl)cc1NC(=O)c1cccc(Cn2nc(C)c(Br)c2C)c1. The van der Waals surface area contributed by atoms with Crippen LogP contribution in [0.1, 0.15) is 27.3 Å². The minimum absolute atomic E-state index is 0.230. The van der Waals surface area contributed by atoms with E-state index in [2.05, 4.69) is 26.3 Å². The summed E-state index contributed by atoms with van der Waals surface area (Å²) in [6.45, 7) is 4.54.